The molecule has 1 N–H and O–H groups in total. The van der Waals surface area contributed by atoms with Crippen molar-refractivity contribution in [3.8, 4) is 17.2 Å². The van der Waals surface area contributed by atoms with Gasteiger partial charge in [0.15, 0.2) is 11.5 Å². The molecule has 4 aromatic rings. The number of carbonyl (C=O) groups excluding carboxylic acids is 1. The van der Waals surface area contributed by atoms with Crippen LogP contribution in [0.25, 0.3) is 5.65 Å². The number of aromatic nitrogens is 2. The molecule has 0 spiro atoms. The highest BCUT2D eigenvalue weighted by Crippen LogP contribution is 2.37. The summed E-state index contributed by atoms with van der Waals surface area (Å²) in [5.74, 6) is 0.408. The molecule has 166 valence electrons. The Bertz CT molecular complexity index is 1330. The number of benzene rings is 2. The number of nitro benzene ring substituents is 1. The maximum Gasteiger partial charge on any atom is 0.286 e. The number of pyridine rings is 1. The first kappa shape index (κ1) is 20.3. The number of nitrogens with one attached hydrogen (secondary N) is 1. The molecule has 5 rings (SSSR count). The average Bonchev–Trinajstić information content (AvgIpc) is 3.25. The standard InChI is InChI=1S/C23H18N4O6/c28-23(18-11-20-21(32-9-8-31-20)12-19(18)27(29)30)25-15-4-3-5-17(10-15)33-14-16-13-26-7-2-1-6-22(26)24-16/h1-7,10-13H,8-9,14H2,(H,25,28). The molecule has 10 heteroatoms. The van der Waals surface area contributed by atoms with Gasteiger partial charge in [0.05, 0.1) is 16.7 Å². The zero-order valence-corrected chi connectivity index (χ0v) is 17.3. The van der Waals surface area contributed by atoms with Crippen LogP contribution >= 0.6 is 0 Å². The molecule has 0 fully saturated rings. The fourth-order valence-electron chi connectivity index (χ4n) is 3.49. The SMILES string of the molecule is O=C(Nc1cccc(OCc2cn3ccccc3n2)c1)c1cc2c(cc1[N+](=O)[O-])OCCO2. The summed E-state index contributed by atoms with van der Waals surface area (Å²) in [7, 11) is 0. The van der Waals surface area contributed by atoms with Gasteiger partial charge in [-0.3, -0.25) is 14.9 Å². The van der Waals surface area contributed by atoms with E-state index in [-0.39, 0.29) is 30.2 Å². The number of rotatable bonds is 6. The fourth-order valence-corrected chi connectivity index (χ4v) is 3.49. The van der Waals surface area contributed by atoms with E-state index >= 15 is 0 Å². The predicted octanol–water partition coefficient (Wildman–Crippen LogP) is 3.85. The largest absolute Gasteiger partial charge is 0.487 e. The van der Waals surface area contributed by atoms with Crippen molar-refractivity contribution in [2.75, 3.05) is 18.5 Å². The molecule has 2 aromatic carbocycles. The minimum atomic E-state index is -0.642. The van der Waals surface area contributed by atoms with E-state index in [1.807, 2.05) is 35.0 Å². The highest BCUT2D eigenvalue weighted by Gasteiger charge is 2.26. The van der Waals surface area contributed by atoms with Gasteiger partial charge in [-0.15, -0.1) is 0 Å². The van der Waals surface area contributed by atoms with Gasteiger partial charge in [0.2, 0.25) is 0 Å². The summed E-state index contributed by atoms with van der Waals surface area (Å²) < 4.78 is 18.6. The zero-order valence-electron chi connectivity index (χ0n) is 17.3. The molecular formula is C23H18N4O6. The van der Waals surface area contributed by atoms with Crippen molar-refractivity contribution in [2.45, 2.75) is 6.61 Å². The Balaban J connectivity index is 1.32. The van der Waals surface area contributed by atoms with Crippen molar-refractivity contribution in [3.63, 3.8) is 0 Å². The quantitative estimate of drug-likeness (QED) is 0.353. The molecule has 2 aromatic heterocycles. The predicted molar refractivity (Wildman–Crippen MR) is 118 cm³/mol. The van der Waals surface area contributed by atoms with Crippen LogP contribution in [0.2, 0.25) is 0 Å². The van der Waals surface area contributed by atoms with Gasteiger partial charge in [-0.25, -0.2) is 4.98 Å². The fraction of sp³-hybridized carbons (Fsp3) is 0.130. The Morgan fingerprint density at radius 3 is 2.73 bits per heavy atom. The highest BCUT2D eigenvalue weighted by atomic mass is 16.6. The lowest BCUT2D eigenvalue weighted by Gasteiger charge is -2.19. The van der Waals surface area contributed by atoms with Gasteiger partial charge < -0.3 is 23.9 Å². The number of hydrogen-bond acceptors (Lipinski definition) is 7. The molecule has 0 radical (unpaired) electrons. The minimum Gasteiger partial charge on any atom is -0.487 e. The van der Waals surface area contributed by atoms with Gasteiger partial charge in [0, 0.05) is 30.2 Å². The van der Waals surface area contributed by atoms with Crippen molar-refractivity contribution in [3.05, 3.63) is 88.4 Å². The third kappa shape index (κ3) is 4.26. The number of carbonyl (C=O) groups is 1. The number of ether oxygens (including phenoxy) is 3. The Kier molecular flexibility index (Phi) is 5.23. The maximum absolute atomic E-state index is 12.8. The summed E-state index contributed by atoms with van der Waals surface area (Å²) >= 11 is 0. The molecule has 0 aliphatic carbocycles. The molecule has 0 saturated carbocycles. The number of amides is 1. The lowest BCUT2D eigenvalue weighted by Crippen LogP contribution is -2.18. The van der Waals surface area contributed by atoms with E-state index in [2.05, 4.69) is 10.3 Å². The third-order valence-electron chi connectivity index (χ3n) is 4.99. The Morgan fingerprint density at radius 2 is 1.94 bits per heavy atom. The number of hydrogen-bond donors (Lipinski definition) is 1. The van der Waals surface area contributed by atoms with Crippen LogP contribution < -0.4 is 19.5 Å². The average molecular weight is 446 g/mol. The summed E-state index contributed by atoms with van der Waals surface area (Å²) in [5.41, 5.74) is 1.51. The van der Waals surface area contributed by atoms with Crippen molar-refractivity contribution < 1.29 is 23.9 Å². The molecule has 1 amide bonds. The summed E-state index contributed by atoms with van der Waals surface area (Å²) in [4.78, 5) is 28.2. The lowest BCUT2D eigenvalue weighted by atomic mass is 10.1. The molecule has 1 aliphatic rings. The second-order valence-electron chi connectivity index (χ2n) is 7.24. The van der Waals surface area contributed by atoms with Crippen LogP contribution in [0, 0.1) is 10.1 Å². The summed E-state index contributed by atoms with van der Waals surface area (Å²) in [6.45, 7) is 0.835. The van der Waals surface area contributed by atoms with E-state index in [4.69, 9.17) is 14.2 Å². The minimum absolute atomic E-state index is 0.125. The van der Waals surface area contributed by atoms with Crippen molar-refractivity contribution >= 4 is 22.9 Å². The molecule has 10 nitrogen and oxygen atoms in total. The molecular weight excluding hydrogens is 428 g/mol. The van der Waals surface area contributed by atoms with Crippen molar-refractivity contribution in [2.24, 2.45) is 0 Å². The Hall–Kier alpha value is -4.60. The third-order valence-corrected chi connectivity index (χ3v) is 4.99. The number of nitro groups is 1. The van der Waals surface area contributed by atoms with Crippen molar-refractivity contribution in [1.82, 2.24) is 9.38 Å². The number of imidazole rings is 1. The molecule has 0 bridgehead atoms. The maximum atomic E-state index is 12.8. The number of fused-ring (bicyclic) bond motifs is 2. The number of nitrogens with zero attached hydrogens (tertiary/aromatic N) is 3. The van der Waals surface area contributed by atoms with Gasteiger partial charge in [-0.1, -0.05) is 12.1 Å². The van der Waals surface area contributed by atoms with E-state index < -0.39 is 10.8 Å². The normalized spacial score (nSPS) is 12.4. The smallest absolute Gasteiger partial charge is 0.286 e. The molecule has 3 heterocycles. The first-order valence-electron chi connectivity index (χ1n) is 10.1. The second-order valence-corrected chi connectivity index (χ2v) is 7.24. The van der Waals surface area contributed by atoms with Crippen LogP contribution in [0.3, 0.4) is 0 Å². The Labute approximate surface area is 187 Å². The van der Waals surface area contributed by atoms with Crippen LogP contribution in [0.4, 0.5) is 11.4 Å². The van der Waals surface area contributed by atoms with Gasteiger partial charge in [-0.05, 0) is 24.3 Å². The van der Waals surface area contributed by atoms with Crippen LogP contribution in [-0.2, 0) is 6.61 Å². The lowest BCUT2D eigenvalue weighted by molar-refractivity contribution is -0.385. The topological polar surface area (TPSA) is 117 Å². The van der Waals surface area contributed by atoms with Crippen molar-refractivity contribution in [1.29, 1.82) is 0 Å². The van der Waals surface area contributed by atoms with E-state index in [1.54, 1.807) is 24.3 Å². The van der Waals surface area contributed by atoms with Crippen LogP contribution in [0.15, 0.2) is 67.0 Å². The molecule has 0 saturated heterocycles. The van der Waals surface area contributed by atoms with E-state index in [9.17, 15) is 14.9 Å². The van der Waals surface area contributed by atoms with Crippen LogP contribution in [0.1, 0.15) is 16.1 Å². The van der Waals surface area contributed by atoms with E-state index in [0.717, 1.165) is 11.3 Å². The van der Waals surface area contributed by atoms with Gasteiger partial charge in [0.1, 0.15) is 36.8 Å². The zero-order chi connectivity index (χ0) is 22.8. The summed E-state index contributed by atoms with van der Waals surface area (Å²) in [5, 5.41) is 14.2. The Morgan fingerprint density at radius 1 is 1.12 bits per heavy atom. The molecule has 0 unspecified atom stereocenters. The van der Waals surface area contributed by atoms with E-state index in [0.29, 0.717) is 23.8 Å². The monoisotopic (exact) mass is 446 g/mol. The second kappa shape index (κ2) is 8.50. The van der Waals surface area contributed by atoms with E-state index in [1.165, 1.54) is 12.1 Å². The highest BCUT2D eigenvalue weighted by molar-refractivity contribution is 6.07. The number of anilines is 1. The molecule has 0 atom stereocenters. The van der Waals surface area contributed by atoms with Gasteiger partial charge in [-0.2, -0.15) is 0 Å². The van der Waals surface area contributed by atoms with Gasteiger partial charge >= 0.3 is 0 Å². The summed E-state index contributed by atoms with van der Waals surface area (Å²) in [6.07, 6.45) is 3.78. The first-order chi connectivity index (χ1) is 16.1. The van der Waals surface area contributed by atoms with Crippen LogP contribution in [0.5, 0.6) is 17.2 Å². The first-order valence-corrected chi connectivity index (χ1v) is 10.1. The molecule has 1 aliphatic heterocycles. The summed E-state index contributed by atoms with van der Waals surface area (Å²) in [6, 6.07) is 15.0. The van der Waals surface area contributed by atoms with Crippen LogP contribution in [-0.4, -0.2) is 33.4 Å². The van der Waals surface area contributed by atoms with Gasteiger partial charge in [0.25, 0.3) is 11.6 Å². The molecule has 33 heavy (non-hydrogen) atoms.